The summed E-state index contributed by atoms with van der Waals surface area (Å²) in [7, 11) is 2.92. The van der Waals surface area contributed by atoms with Crippen molar-refractivity contribution in [2.45, 2.75) is 19.3 Å². The molecule has 0 N–H and O–H groups in total. The summed E-state index contributed by atoms with van der Waals surface area (Å²) >= 11 is 1.37. The highest BCUT2D eigenvalue weighted by Crippen LogP contribution is 2.45. The van der Waals surface area contributed by atoms with Crippen LogP contribution in [0.25, 0.3) is 5.57 Å². The van der Waals surface area contributed by atoms with Gasteiger partial charge in [-0.05, 0) is 37.0 Å². The van der Waals surface area contributed by atoms with Crippen molar-refractivity contribution < 1.29 is 19.1 Å². The van der Waals surface area contributed by atoms with Crippen LogP contribution in [0.3, 0.4) is 0 Å². The van der Waals surface area contributed by atoms with E-state index < -0.39 is 5.97 Å². The molecule has 0 amide bonds. The van der Waals surface area contributed by atoms with Gasteiger partial charge in [-0.15, -0.1) is 0 Å². The number of Topliss-reactive ketones (excluding diaryl/α,β-unsaturated/α-hetero) is 1. The highest BCUT2D eigenvalue weighted by Gasteiger charge is 2.34. The molecule has 0 aromatic heterocycles. The number of allylic oxidation sites excluding steroid dienone is 2. The number of ketones is 1. The Labute approximate surface area is 151 Å². The fourth-order valence-corrected chi connectivity index (χ4v) is 4.20. The Morgan fingerprint density at radius 3 is 2.40 bits per heavy atom. The van der Waals surface area contributed by atoms with Gasteiger partial charge in [0, 0.05) is 19.2 Å². The number of thioether (sulfide) groups is 1. The summed E-state index contributed by atoms with van der Waals surface area (Å²) in [5.74, 6) is 0.110. The van der Waals surface area contributed by atoms with Crippen molar-refractivity contribution in [3.05, 3.63) is 45.8 Å². The van der Waals surface area contributed by atoms with E-state index in [0.717, 1.165) is 42.3 Å². The second kappa shape index (κ2) is 7.78. The maximum absolute atomic E-state index is 13.0. The lowest BCUT2D eigenvalue weighted by molar-refractivity contribution is -0.135. The molecule has 5 nitrogen and oxygen atoms in total. The summed E-state index contributed by atoms with van der Waals surface area (Å²) in [5.41, 5.74) is 1.50. The van der Waals surface area contributed by atoms with Gasteiger partial charge in [-0.3, -0.25) is 4.79 Å². The molecule has 2 heterocycles. The van der Waals surface area contributed by atoms with E-state index in [1.54, 1.807) is 7.11 Å². The van der Waals surface area contributed by atoms with Gasteiger partial charge in [-0.1, -0.05) is 23.9 Å². The number of carbonyl (C=O) groups excluding carboxylic acids is 2. The zero-order chi connectivity index (χ0) is 17.8. The van der Waals surface area contributed by atoms with E-state index in [4.69, 9.17) is 4.74 Å². The van der Waals surface area contributed by atoms with E-state index in [-0.39, 0.29) is 5.78 Å². The SMILES string of the molecule is COC(=O)/C=C1\SC(N2CCCCC2)=C(c2ccc(OC)cc2)C1=O. The van der Waals surface area contributed by atoms with Crippen LogP contribution in [0.2, 0.25) is 0 Å². The average Bonchev–Trinajstić information content (AvgIpc) is 2.98. The number of carbonyl (C=O) groups is 2. The minimum absolute atomic E-state index is 0.124. The third-order valence-corrected chi connectivity index (χ3v) is 5.52. The van der Waals surface area contributed by atoms with Crippen molar-refractivity contribution in [2.24, 2.45) is 0 Å². The Morgan fingerprint density at radius 1 is 1.12 bits per heavy atom. The number of benzene rings is 1. The molecule has 2 aliphatic heterocycles. The van der Waals surface area contributed by atoms with E-state index in [1.165, 1.54) is 31.4 Å². The van der Waals surface area contributed by atoms with Crippen molar-refractivity contribution in [1.29, 1.82) is 0 Å². The van der Waals surface area contributed by atoms with Gasteiger partial charge in [0.25, 0.3) is 0 Å². The van der Waals surface area contributed by atoms with E-state index in [1.807, 2.05) is 24.3 Å². The molecule has 0 aliphatic carbocycles. The van der Waals surface area contributed by atoms with Crippen molar-refractivity contribution in [2.75, 3.05) is 27.3 Å². The van der Waals surface area contributed by atoms with Gasteiger partial charge in [-0.25, -0.2) is 4.79 Å². The fourth-order valence-electron chi connectivity index (χ4n) is 3.01. The number of piperidine rings is 1. The van der Waals surface area contributed by atoms with Crippen LogP contribution in [0, 0.1) is 0 Å². The smallest absolute Gasteiger partial charge is 0.331 e. The molecular weight excluding hydrogens is 338 g/mol. The Balaban J connectivity index is 2.00. The van der Waals surface area contributed by atoms with Crippen LogP contribution in [0.15, 0.2) is 40.3 Å². The molecular formula is C19H21NO4S. The summed E-state index contributed by atoms with van der Waals surface area (Å²) in [6, 6.07) is 7.46. The van der Waals surface area contributed by atoms with Crippen LogP contribution >= 0.6 is 11.8 Å². The third-order valence-electron chi connectivity index (χ3n) is 4.34. The van der Waals surface area contributed by atoms with Crippen LogP contribution in [-0.4, -0.2) is 44.0 Å². The van der Waals surface area contributed by atoms with Crippen molar-refractivity contribution in [3.63, 3.8) is 0 Å². The zero-order valence-corrected chi connectivity index (χ0v) is 15.2. The van der Waals surface area contributed by atoms with Crippen LogP contribution in [0.5, 0.6) is 5.75 Å². The van der Waals surface area contributed by atoms with Gasteiger partial charge >= 0.3 is 5.97 Å². The molecule has 0 atom stereocenters. The number of methoxy groups -OCH3 is 2. The number of hydrogen-bond donors (Lipinski definition) is 0. The molecule has 3 rings (SSSR count). The van der Waals surface area contributed by atoms with Gasteiger partial charge in [0.15, 0.2) is 0 Å². The lowest BCUT2D eigenvalue weighted by Gasteiger charge is -2.29. The van der Waals surface area contributed by atoms with Crippen LogP contribution < -0.4 is 4.74 Å². The standard InChI is InChI=1S/C19H21NO4S/c1-23-14-8-6-13(7-9-14)17-18(22)15(12-16(21)24-2)25-19(17)20-10-4-3-5-11-20/h6-9,12H,3-5,10-11H2,1-2H3/b15-12-. The average molecular weight is 359 g/mol. The van der Waals surface area contributed by atoms with Gasteiger partial charge in [0.2, 0.25) is 5.78 Å². The lowest BCUT2D eigenvalue weighted by Crippen LogP contribution is -2.28. The number of esters is 1. The van der Waals surface area contributed by atoms with E-state index in [0.29, 0.717) is 10.5 Å². The van der Waals surface area contributed by atoms with Crippen molar-refractivity contribution in [1.82, 2.24) is 4.90 Å². The molecule has 2 aliphatic rings. The summed E-state index contributed by atoms with van der Waals surface area (Å²) in [6.45, 7) is 1.86. The van der Waals surface area contributed by atoms with E-state index in [9.17, 15) is 9.59 Å². The lowest BCUT2D eigenvalue weighted by atomic mass is 10.0. The molecule has 1 saturated heterocycles. The number of rotatable bonds is 4. The molecule has 1 aromatic rings. The summed E-state index contributed by atoms with van der Waals surface area (Å²) in [6.07, 6.45) is 4.73. The second-order valence-electron chi connectivity index (χ2n) is 5.92. The van der Waals surface area contributed by atoms with E-state index >= 15 is 0 Å². The molecule has 0 saturated carbocycles. The Bertz CT molecular complexity index is 730. The largest absolute Gasteiger partial charge is 0.497 e. The highest BCUT2D eigenvalue weighted by atomic mass is 32.2. The predicted octanol–water partition coefficient (Wildman–Crippen LogP) is 3.22. The molecule has 0 bridgehead atoms. The molecule has 1 aromatic carbocycles. The van der Waals surface area contributed by atoms with Crippen LogP contribution in [0.1, 0.15) is 24.8 Å². The molecule has 0 radical (unpaired) electrons. The topological polar surface area (TPSA) is 55.8 Å². The number of ether oxygens (including phenoxy) is 2. The first-order chi connectivity index (χ1) is 12.1. The number of hydrogen-bond acceptors (Lipinski definition) is 6. The minimum atomic E-state index is -0.509. The molecule has 1 fully saturated rings. The number of likely N-dealkylation sites (tertiary alicyclic amines) is 1. The molecule has 25 heavy (non-hydrogen) atoms. The zero-order valence-electron chi connectivity index (χ0n) is 14.4. The summed E-state index contributed by atoms with van der Waals surface area (Å²) in [5, 5.41) is 0.935. The Kier molecular flexibility index (Phi) is 5.48. The summed E-state index contributed by atoms with van der Waals surface area (Å²) < 4.78 is 9.88. The third kappa shape index (κ3) is 3.74. The van der Waals surface area contributed by atoms with Gasteiger partial charge in [0.1, 0.15) is 5.75 Å². The summed E-state index contributed by atoms with van der Waals surface area (Å²) in [4.78, 5) is 27.2. The first-order valence-corrected chi connectivity index (χ1v) is 9.11. The van der Waals surface area contributed by atoms with Gasteiger partial charge in [0.05, 0.1) is 29.7 Å². The second-order valence-corrected chi connectivity index (χ2v) is 6.95. The fraction of sp³-hybridized carbons (Fsp3) is 0.368. The highest BCUT2D eigenvalue weighted by molar-refractivity contribution is 8.08. The molecule has 132 valence electrons. The molecule has 6 heteroatoms. The Hall–Kier alpha value is -2.21. The van der Waals surface area contributed by atoms with E-state index in [2.05, 4.69) is 9.64 Å². The minimum Gasteiger partial charge on any atom is -0.497 e. The maximum atomic E-state index is 13.0. The van der Waals surface area contributed by atoms with Crippen molar-refractivity contribution in [3.8, 4) is 5.75 Å². The first kappa shape index (κ1) is 17.6. The van der Waals surface area contributed by atoms with Gasteiger partial charge < -0.3 is 14.4 Å². The Morgan fingerprint density at radius 2 is 1.80 bits per heavy atom. The van der Waals surface area contributed by atoms with Crippen LogP contribution in [0.4, 0.5) is 0 Å². The number of nitrogens with zero attached hydrogens (tertiary/aromatic N) is 1. The van der Waals surface area contributed by atoms with Crippen LogP contribution in [-0.2, 0) is 14.3 Å². The van der Waals surface area contributed by atoms with Crippen molar-refractivity contribution >= 4 is 29.1 Å². The van der Waals surface area contributed by atoms with Gasteiger partial charge in [-0.2, -0.15) is 0 Å². The monoisotopic (exact) mass is 359 g/mol. The first-order valence-electron chi connectivity index (χ1n) is 8.30. The maximum Gasteiger partial charge on any atom is 0.331 e. The molecule has 0 spiro atoms. The normalized spacial score (nSPS) is 19.5. The molecule has 0 unspecified atom stereocenters. The predicted molar refractivity (Wildman–Crippen MR) is 98.0 cm³/mol. The quantitative estimate of drug-likeness (QED) is 0.608.